The maximum Gasteiger partial charge on any atom is 0.472 e. The van der Waals surface area contributed by atoms with Crippen molar-refractivity contribution in [3.8, 4) is 0 Å². The van der Waals surface area contributed by atoms with Crippen LogP contribution in [0.3, 0.4) is 0 Å². The molecule has 0 aliphatic rings. The maximum absolute atomic E-state index is 12.7. The van der Waals surface area contributed by atoms with E-state index in [4.69, 9.17) is 23.6 Å². The van der Waals surface area contributed by atoms with Crippen LogP contribution in [0.15, 0.2) is 85.1 Å². The minimum atomic E-state index is -4.54. The highest BCUT2D eigenvalue weighted by atomic mass is 31.2. The van der Waals surface area contributed by atoms with Crippen LogP contribution in [0.25, 0.3) is 0 Å². The summed E-state index contributed by atoms with van der Waals surface area (Å²) in [4.78, 5) is 22.7. The van der Waals surface area contributed by atoms with Gasteiger partial charge in [0.2, 0.25) is 0 Å². The number of phosphoric acid groups is 1. The number of carbonyl (C=O) groups is 1. The van der Waals surface area contributed by atoms with E-state index >= 15 is 0 Å². The molecule has 0 fully saturated rings. The number of esters is 1. The molecule has 0 aliphatic carbocycles. The molecule has 0 aliphatic heterocycles. The molecule has 0 spiro atoms. The van der Waals surface area contributed by atoms with Crippen LogP contribution in [0, 0.1) is 0 Å². The van der Waals surface area contributed by atoms with E-state index < -0.39 is 45.8 Å². The molecule has 0 aromatic rings. The van der Waals surface area contributed by atoms with Crippen molar-refractivity contribution in [1.82, 2.24) is 0 Å². The van der Waals surface area contributed by atoms with Crippen LogP contribution in [0.5, 0.6) is 0 Å². The summed E-state index contributed by atoms with van der Waals surface area (Å²) in [7, 11) is -4.54. The molecule has 64 heavy (non-hydrogen) atoms. The summed E-state index contributed by atoms with van der Waals surface area (Å²) in [6.45, 7) is 3.33. The average Bonchev–Trinajstić information content (AvgIpc) is 3.29. The summed E-state index contributed by atoms with van der Waals surface area (Å²) in [5, 5.41) is 18.4. The van der Waals surface area contributed by atoms with Crippen molar-refractivity contribution < 1.29 is 43.0 Å². The monoisotopic (exact) mass is 919 g/mol. The molecule has 10 heteroatoms. The van der Waals surface area contributed by atoms with Crippen LogP contribution < -0.4 is 0 Å². The Labute approximate surface area is 392 Å². The summed E-state index contributed by atoms with van der Waals surface area (Å²) < 4.78 is 33.5. The first-order chi connectivity index (χ1) is 31.3. The van der Waals surface area contributed by atoms with Gasteiger partial charge in [0, 0.05) is 13.0 Å². The summed E-state index contributed by atoms with van der Waals surface area (Å²) in [5.41, 5.74) is 0. The highest BCUT2D eigenvalue weighted by molar-refractivity contribution is 7.47. The molecular weight excluding hydrogens is 824 g/mol. The number of aliphatic hydroxyl groups is 2. The highest BCUT2D eigenvalue weighted by Crippen LogP contribution is 2.43. The third-order valence-corrected chi connectivity index (χ3v) is 11.5. The molecule has 0 aromatic heterocycles. The lowest BCUT2D eigenvalue weighted by Gasteiger charge is -2.20. The molecule has 0 saturated carbocycles. The fourth-order valence-electron chi connectivity index (χ4n) is 6.71. The zero-order valence-electron chi connectivity index (χ0n) is 40.7. The molecule has 0 saturated heterocycles. The van der Waals surface area contributed by atoms with Crippen molar-refractivity contribution in [2.45, 2.75) is 219 Å². The van der Waals surface area contributed by atoms with Gasteiger partial charge in [-0.05, 0) is 89.9 Å². The molecule has 0 rings (SSSR count). The maximum atomic E-state index is 12.7. The Morgan fingerprint density at radius 3 is 1.34 bits per heavy atom. The van der Waals surface area contributed by atoms with Crippen LogP contribution in [0.4, 0.5) is 0 Å². The first-order valence-electron chi connectivity index (χ1n) is 25.6. The number of hydrogen-bond donors (Lipinski definition) is 3. The fourth-order valence-corrected chi connectivity index (χ4v) is 7.50. The predicted octanol–water partition coefficient (Wildman–Crippen LogP) is 15.0. The first kappa shape index (κ1) is 61.6. The first-order valence-corrected chi connectivity index (χ1v) is 27.1. The quantitative estimate of drug-likeness (QED) is 0.0236. The fraction of sp³-hybridized carbons (Fsp3) is 0.722. The van der Waals surface area contributed by atoms with Gasteiger partial charge in [-0.25, -0.2) is 4.57 Å². The van der Waals surface area contributed by atoms with Gasteiger partial charge in [0.15, 0.2) is 0 Å². The number of phosphoric ester groups is 1. The van der Waals surface area contributed by atoms with Gasteiger partial charge >= 0.3 is 13.8 Å². The van der Waals surface area contributed by atoms with E-state index in [0.717, 1.165) is 96.3 Å². The Hall–Kier alpha value is -2.36. The van der Waals surface area contributed by atoms with E-state index in [2.05, 4.69) is 98.9 Å². The van der Waals surface area contributed by atoms with E-state index in [1.54, 1.807) is 0 Å². The lowest BCUT2D eigenvalue weighted by Crippen LogP contribution is -2.29. The summed E-state index contributed by atoms with van der Waals surface area (Å²) in [6.07, 6.45) is 62.6. The topological polar surface area (TPSA) is 132 Å². The van der Waals surface area contributed by atoms with Crippen molar-refractivity contribution in [2.75, 3.05) is 33.0 Å². The Morgan fingerprint density at radius 1 is 0.500 bits per heavy atom. The van der Waals surface area contributed by atoms with E-state index in [9.17, 15) is 19.4 Å². The second kappa shape index (κ2) is 50.1. The minimum absolute atomic E-state index is 0.0271. The van der Waals surface area contributed by atoms with Crippen molar-refractivity contribution in [2.24, 2.45) is 0 Å². The van der Waals surface area contributed by atoms with Crippen LogP contribution in [-0.4, -0.2) is 66.3 Å². The summed E-state index contributed by atoms with van der Waals surface area (Å²) in [5.74, 6) is -0.396. The van der Waals surface area contributed by atoms with E-state index in [-0.39, 0.29) is 13.0 Å². The van der Waals surface area contributed by atoms with Crippen LogP contribution in [0.2, 0.25) is 0 Å². The zero-order chi connectivity index (χ0) is 46.7. The highest BCUT2D eigenvalue weighted by Gasteiger charge is 2.26. The number of allylic oxidation sites excluding steroid dienone is 14. The second-order valence-corrected chi connectivity index (χ2v) is 18.3. The van der Waals surface area contributed by atoms with Crippen molar-refractivity contribution >= 4 is 13.8 Å². The molecule has 9 nitrogen and oxygen atoms in total. The Balaban J connectivity index is 4.14. The van der Waals surface area contributed by atoms with Gasteiger partial charge in [-0.15, -0.1) is 0 Å². The lowest BCUT2D eigenvalue weighted by atomic mass is 10.0. The number of rotatable bonds is 48. The van der Waals surface area contributed by atoms with E-state index in [0.29, 0.717) is 6.61 Å². The van der Waals surface area contributed by atoms with Gasteiger partial charge in [-0.1, -0.05) is 195 Å². The average molecular weight is 919 g/mol. The van der Waals surface area contributed by atoms with E-state index in [1.807, 2.05) is 0 Å². The second-order valence-electron chi connectivity index (χ2n) is 16.8. The third-order valence-electron chi connectivity index (χ3n) is 10.6. The number of carbonyl (C=O) groups excluding carboxylic acids is 1. The van der Waals surface area contributed by atoms with Crippen molar-refractivity contribution in [3.05, 3.63) is 85.1 Å². The molecule has 0 bridgehead atoms. The summed E-state index contributed by atoms with van der Waals surface area (Å²) >= 11 is 0. The molecule has 370 valence electrons. The number of hydrogen-bond acceptors (Lipinski definition) is 8. The van der Waals surface area contributed by atoms with Gasteiger partial charge < -0.3 is 24.6 Å². The number of aliphatic hydroxyl groups excluding tert-OH is 2. The van der Waals surface area contributed by atoms with Gasteiger partial charge in [-0.2, -0.15) is 0 Å². The van der Waals surface area contributed by atoms with Gasteiger partial charge in [-0.3, -0.25) is 13.8 Å². The minimum Gasteiger partial charge on any atom is -0.457 e. The van der Waals surface area contributed by atoms with Crippen molar-refractivity contribution in [3.63, 3.8) is 0 Å². The molecule has 0 radical (unpaired) electrons. The van der Waals surface area contributed by atoms with Crippen LogP contribution in [-0.2, 0) is 27.9 Å². The van der Waals surface area contributed by atoms with Gasteiger partial charge in [0.05, 0.1) is 26.4 Å². The normalized spacial score (nSPS) is 14.5. The smallest absolute Gasteiger partial charge is 0.457 e. The molecule has 0 amide bonds. The predicted molar refractivity (Wildman–Crippen MR) is 269 cm³/mol. The molecule has 3 atom stereocenters. The van der Waals surface area contributed by atoms with Crippen LogP contribution >= 0.6 is 7.82 Å². The number of unbranched alkanes of at least 4 members (excludes halogenated alkanes) is 20. The van der Waals surface area contributed by atoms with Gasteiger partial charge in [0.25, 0.3) is 0 Å². The third kappa shape index (κ3) is 49.1. The van der Waals surface area contributed by atoms with E-state index in [1.165, 1.54) is 89.9 Å². The van der Waals surface area contributed by atoms with Gasteiger partial charge in [0.1, 0.15) is 12.2 Å². The molecular formula is C54H95O9P. The van der Waals surface area contributed by atoms with Crippen molar-refractivity contribution in [1.29, 1.82) is 0 Å². The largest absolute Gasteiger partial charge is 0.472 e. The Bertz CT molecular complexity index is 1270. The Morgan fingerprint density at radius 2 is 0.891 bits per heavy atom. The molecule has 3 unspecified atom stereocenters. The molecule has 3 N–H and O–H groups in total. The summed E-state index contributed by atoms with van der Waals surface area (Å²) in [6, 6.07) is 0. The molecule has 0 heterocycles. The van der Waals surface area contributed by atoms with Crippen LogP contribution in [0.1, 0.15) is 206 Å². The Kier molecular flexibility index (Phi) is 48.2. The lowest BCUT2D eigenvalue weighted by molar-refractivity contribution is -0.154. The molecule has 0 aromatic carbocycles. The standard InChI is InChI=1S/C54H95O9P/c1-3-5-7-9-11-13-15-17-19-21-23-25-26-27-28-30-32-34-36-38-40-42-44-46-54(57)63-53(51-62-64(58,59)61-49-52(56)48-55)50-60-47-45-43-41-39-37-35-33-31-29-24-22-20-18-16-14-12-10-8-6-4-2/h6,8,12,14-15,17-18,20-21,23-24,29,33,35,52-53,55-56H,3-5,7,9-11,13,16,19,22,25-28,30-32,34,36-51H2,1-2H3,(H,58,59)/b8-6-,14-12-,17-15-,20-18-,23-21-,29-24-,35-33-. The SMILES string of the molecule is CC/C=C\C/C=C\C/C=C\C/C=C\C/C=C\CCCCCCOCC(COP(=O)(O)OCC(O)CO)OC(=O)CCCCCCCCCCCCC/C=C\C/C=C\CCCCCCC. The zero-order valence-corrected chi connectivity index (χ0v) is 41.6. The number of ether oxygens (including phenoxy) is 2.